The Morgan fingerprint density at radius 2 is 1.77 bits per heavy atom. The topological polar surface area (TPSA) is 81.7 Å². The second-order valence-corrected chi connectivity index (χ2v) is 12.2. The fourth-order valence-electron chi connectivity index (χ4n) is 5.68. The van der Waals surface area contributed by atoms with Crippen LogP contribution in [0.1, 0.15) is 50.5 Å². The molecule has 4 heterocycles. The highest BCUT2D eigenvalue weighted by molar-refractivity contribution is 7.89. The molecule has 1 N–H and O–H groups in total. The van der Waals surface area contributed by atoms with Crippen molar-refractivity contribution in [3.05, 3.63) is 42.1 Å². The SMILES string of the molecule is Cc1cccc(S(=O)(=O)N2CCCC(N3CCC(Nc4nccc(N5CCCCCC5)n4)C3)C2)c1. The van der Waals surface area contributed by atoms with Crippen LogP contribution in [0.4, 0.5) is 11.8 Å². The highest BCUT2D eigenvalue weighted by atomic mass is 32.2. The molecule has 9 heteroatoms. The van der Waals surface area contributed by atoms with Crippen LogP contribution >= 0.6 is 0 Å². The lowest BCUT2D eigenvalue weighted by molar-refractivity contribution is 0.161. The Hall–Kier alpha value is -2.23. The minimum atomic E-state index is -3.46. The van der Waals surface area contributed by atoms with Gasteiger partial charge in [-0.15, -0.1) is 0 Å². The Morgan fingerprint density at radius 1 is 0.943 bits per heavy atom. The van der Waals surface area contributed by atoms with E-state index in [0.717, 1.165) is 56.8 Å². The summed E-state index contributed by atoms with van der Waals surface area (Å²) in [6.45, 7) is 7.08. The largest absolute Gasteiger partial charge is 0.356 e. The summed E-state index contributed by atoms with van der Waals surface area (Å²) >= 11 is 0. The van der Waals surface area contributed by atoms with Gasteiger partial charge in [0.25, 0.3) is 0 Å². The molecule has 0 amide bonds. The minimum absolute atomic E-state index is 0.250. The zero-order valence-electron chi connectivity index (χ0n) is 20.8. The van der Waals surface area contributed by atoms with Crippen LogP contribution in [0.25, 0.3) is 0 Å². The smallest absolute Gasteiger partial charge is 0.243 e. The molecule has 0 radical (unpaired) electrons. The molecule has 0 bridgehead atoms. The molecule has 35 heavy (non-hydrogen) atoms. The molecule has 1 aromatic heterocycles. The number of likely N-dealkylation sites (tertiary alicyclic amines) is 1. The predicted octanol–water partition coefficient (Wildman–Crippen LogP) is 3.50. The summed E-state index contributed by atoms with van der Waals surface area (Å²) in [5.41, 5.74) is 0.968. The molecule has 2 atom stereocenters. The Bertz CT molecular complexity index is 1100. The van der Waals surface area contributed by atoms with Crippen LogP contribution in [0.15, 0.2) is 41.4 Å². The van der Waals surface area contributed by atoms with Gasteiger partial charge < -0.3 is 10.2 Å². The first kappa shape index (κ1) is 24.5. The fraction of sp³-hybridized carbons (Fsp3) is 0.615. The van der Waals surface area contributed by atoms with Crippen LogP contribution in [0.5, 0.6) is 0 Å². The van der Waals surface area contributed by atoms with Crippen molar-refractivity contribution in [2.75, 3.05) is 49.5 Å². The molecule has 3 aliphatic heterocycles. The lowest BCUT2D eigenvalue weighted by Gasteiger charge is -2.37. The third-order valence-electron chi connectivity index (χ3n) is 7.63. The summed E-state index contributed by atoms with van der Waals surface area (Å²) in [6, 6.07) is 9.78. The van der Waals surface area contributed by atoms with Gasteiger partial charge in [-0.3, -0.25) is 4.90 Å². The van der Waals surface area contributed by atoms with Gasteiger partial charge in [0.1, 0.15) is 5.82 Å². The third kappa shape index (κ3) is 5.78. The zero-order chi connectivity index (χ0) is 24.3. The Labute approximate surface area is 209 Å². The van der Waals surface area contributed by atoms with Crippen molar-refractivity contribution in [2.24, 2.45) is 0 Å². The maximum absolute atomic E-state index is 13.3. The van der Waals surface area contributed by atoms with Crippen LogP contribution in [0, 0.1) is 6.92 Å². The maximum atomic E-state index is 13.3. The number of aryl methyl sites for hydroxylation is 1. The van der Waals surface area contributed by atoms with Gasteiger partial charge in [-0.25, -0.2) is 13.4 Å². The van der Waals surface area contributed by atoms with Gasteiger partial charge in [0, 0.05) is 57.5 Å². The quantitative estimate of drug-likeness (QED) is 0.653. The van der Waals surface area contributed by atoms with Gasteiger partial charge in [-0.05, 0) is 62.8 Å². The van der Waals surface area contributed by atoms with E-state index in [4.69, 9.17) is 4.98 Å². The van der Waals surface area contributed by atoms with Crippen molar-refractivity contribution >= 4 is 21.8 Å². The van der Waals surface area contributed by atoms with Gasteiger partial charge in [0.05, 0.1) is 4.90 Å². The van der Waals surface area contributed by atoms with Crippen LogP contribution in [-0.4, -0.2) is 78.9 Å². The average molecular weight is 499 g/mol. The molecule has 190 valence electrons. The van der Waals surface area contributed by atoms with E-state index in [0.29, 0.717) is 23.9 Å². The summed E-state index contributed by atoms with van der Waals surface area (Å²) in [5.74, 6) is 1.72. The molecule has 8 nitrogen and oxygen atoms in total. The summed E-state index contributed by atoms with van der Waals surface area (Å²) in [6.07, 6.45) is 9.85. The summed E-state index contributed by atoms with van der Waals surface area (Å²) in [7, 11) is -3.46. The van der Waals surface area contributed by atoms with Crippen LogP contribution in [0.2, 0.25) is 0 Å². The number of anilines is 2. The number of hydrogen-bond acceptors (Lipinski definition) is 7. The number of sulfonamides is 1. The van der Waals surface area contributed by atoms with Crippen molar-refractivity contribution < 1.29 is 8.42 Å². The van der Waals surface area contributed by atoms with E-state index >= 15 is 0 Å². The molecule has 0 spiro atoms. The average Bonchev–Trinajstić information content (AvgIpc) is 3.16. The van der Waals surface area contributed by atoms with Gasteiger partial charge in [0.15, 0.2) is 0 Å². The standard InChI is InChI=1S/C26H38N6O2S/c1-21-8-6-10-24(18-21)35(33,34)32-16-7-9-23(20-32)31-17-12-22(19-31)28-26-27-13-11-25(29-26)30-14-4-2-3-5-15-30/h6,8,10-11,13,18,22-23H,2-5,7,9,12,14-17,19-20H2,1H3,(H,27,28,29). The Kier molecular flexibility index (Phi) is 7.55. The van der Waals surface area contributed by atoms with E-state index < -0.39 is 10.0 Å². The first-order valence-electron chi connectivity index (χ1n) is 13.1. The van der Waals surface area contributed by atoms with E-state index in [1.54, 1.807) is 16.4 Å². The number of aromatic nitrogens is 2. The Morgan fingerprint density at radius 3 is 2.57 bits per heavy atom. The number of rotatable bonds is 6. The summed E-state index contributed by atoms with van der Waals surface area (Å²) in [5, 5.41) is 3.56. The number of nitrogens with one attached hydrogen (secondary N) is 1. The molecule has 5 rings (SSSR count). The summed E-state index contributed by atoms with van der Waals surface area (Å²) in [4.78, 5) is 14.5. The molecule has 3 aliphatic rings. The second kappa shape index (κ2) is 10.8. The molecule has 0 saturated carbocycles. The monoisotopic (exact) mass is 498 g/mol. The van der Waals surface area contributed by atoms with E-state index in [9.17, 15) is 8.42 Å². The minimum Gasteiger partial charge on any atom is -0.356 e. The van der Waals surface area contributed by atoms with Gasteiger partial charge in [-0.2, -0.15) is 9.29 Å². The van der Waals surface area contributed by atoms with Gasteiger partial charge in [-0.1, -0.05) is 25.0 Å². The molecule has 2 aromatic rings. The van der Waals surface area contributed by atoms with Crippen molar-refractivity contribution in [3.63, 3.8) is 0 Å². The zero-order valence-corrected chi connectivity index (χ0v) is 21.6. The molecule has 3 saturated heterocycles. The highest BCUT2D eigenvalue weighted by Crippen LogP contribution is 2.27. The van der Waals surface area contributed by atoms with E-state index in [1.165, 1.54) is 25.7 Å². The van der Waals surface area contributed by atoms with Crippen molar-refractivity contribution in [3.8, 4) is 0 Å². The Balaban J connectivity index is 1.19. The molecule has 0 aliphatic carbocycles. The second-order valence-electron chi connectivity index (χ2n) is 10.2. The lowest BCUT2D eigenvalue weighted by Crippen LogP contribution is -2.49. The van der Waals surface area contributed by atoms with Gasteiger partial charge in [0.2, 0.25) is 16.0 Å². The number of nitrogens with zero attached hydrogens (tertiary/aromatic N) is 5. The lowest BCUT2D eigenvalue weighted by atomic mass is 10.1. The first-order valence-corrected chi connectivity index (χ1v) is 14.6. The first-order chi connectivity index (χ1) is 17.0. The van der Waals surface area contributed by atoms with E-state index in [1.807, 2.05) is 31.3 Å². The van der Waals surface area contributed by atoms with Crippen molar-refractivity contribution in [1.82, 2.24) is 19.2 Å². The molecular formula is C26H38N6O2S. The highest BCUT2D eigenvalue weighted by Gasteiger charge is 2.35. The van der Waals surface area contributed by atoms with Crippen molar-refractivity contribution in [2.45, 2.75) is 68.8 Å². The molecule has 2 unspecified atom stereocenters. The van der Waals surface area contributed by atoms with Crippen LogP contribution in [0.3, 0.4) is 0 Å². The number of hydrogen-bond donors (Lipinski definition) is 1. The van der Waals surface area contributed by atoms with E-state index in [-0.39, 0.29) is 12.1 Å². The number of piperidine rings is 1. The fourth-order valence-corrected chi connectivity index (χ4v) is 7.30. The van der Waals surface area contributed by atoms with E-state index in [2.05, 4.69) is 20.1 Å². The van der Waals surface area contributed by atoms with Gasteiger partial charge >= 0.3 is 0 Å². The summed E-state index contributed by atoms with van der Waals surface area (Å²) < 4.78 is 28.2. The predicted molar refractivity (Wildman–Crippen MR) is 139 cm³/mol. The van der Waals surface area contributed by atoms with Crippen LogP contribution < -0.4 is 10.2 Å². The van der Waals surface area contributed by atoms with Crippen LogP contribution in [-0.2, 0) is 10.0 Å². The maximum Gasteiger partial charge on any atom is 0.243 e. The molecule has 3 fully saturated rings. The molecular weight excluding hydrogens is 460 g/mol. The van der Waals surface area contributed by atoms with Crippen molar-refractivity contribution in [1.29, 1.82) is 0 Å². The normalized spacial score (nSPS) is 24.9. The molecule has 1 aromatic carbocycles. The number of benzene rings is 1. The third-order valence-corrected chi connectivity index (χ3v) is 9.49.